The van der Waals surface area contributed by atoms with Crippen molar-refractivity contribution >= 4 is 40.1 Å². The van der Waals surface area contributed by atoms with Crippen LogP contribution in [-0.4, -0.2) is 92.3 Å². The average Bonchev–Trinajstić information content (AvgIpc) is 3.61. The number of hydrogen-bond donors (Lipinski definition) is 2. The third-order valence-electron chi connectivity index (χ3n) is 11.3. The first-order chi connectivity index (χ1) is 25.9. The van der Waals surface area contributed by atoms with Gasteiger partial charge >= 0.3 is 0 Å². The number of imide groups is 1. The number of benzene rings is 2. The molecule has 13 nitrogen and oxygen atoms in total. The minimum atomic E-state index is -0.375. The molecule has 2 saturated heterocycles. The van der Waals surface area contributed by atoms with Crippen LogP contribution in [0.4, 0.5) is 11.4 Å². The van der Waals surface area contributed by atoms with E-state index >= 15 is 0 Å². The highest BCUT2D eigenvalue weighted by molar-refractivity contribution is 6.02. The molecule has 1 unspecified atom stereocenters. The molecule has 1 saturated carbocycles. The summed E-state index contributed by atoms with van der Waals surface area (Å²) in [6.45, 7) is 2.80. The molecule has 3 amide bonds. The first-order valence-electron chi connectivity index (χ1n) is 18.4. The minimum absolute atomic E-state index is 0.135. The summed E-state index contributed by atoms with van der Waals surface area (Å²) in [5, 5.41) is 21.5. The Kier molecular flexibility index (Phi) is 8.40. The van der Waals surface area contributed by atoms with Crippen molar-refractivity contribution in [3.8, 4) is 28.6 Å². The Bertz CT molecular complexity index is 2210. The lowest BCUT2D eigenvalue weighted by atomic mass is 9.80. The quantitative estimate of drug-likeness (QED) is 0.240. The topological polar surface area (TPSA) is 146 Å². The van der Waals surface area contributed by atoms with Crippen LogP contribution < -0.4 is 19.9 Å². The van der Waals surface area contributed by atoms with Gasteiger partial charge in [0, 0.05) is 37.3 Å². The molecule has 3 aliphatic heterocycles. The number of amides is 3. The van der Waals surface area contributed by atoms with E-state index < -0.39 is 0 Å². The van der Waals surface area contributed by atoms with Crippen molar-refractivity contribution in [1.29, 1.82) is 0 Å². The molecule has 1 aliphatic carbocycles. The lowest BCUT2D eigenvalue weighted by Gasteiger charge is -2.43. The predicted octanol–water partition coefficient (Wildman–Crippen LogP) is 4.57. The smallest absolute Gasteiger partial charge is 0.249 e. The Morgan fingerprint density at radius 3 is 2.51 bits per heavy atom. The standard InChI is InChI=1S/C40H40N8O5/c49-35-7-2-1-4-29(35)31-22-34-30(43-44-31)16-17-48(34)36-14-12-27(23-41-36)45-18-19-46(38(51)24-45)26-10-8-25(9-11-26)28-5-3-6-32-39(28)53-21-20-47(32)33-13-15-37(50)42-40(33)52/h1-7,12,14,16-17,22-23,25-26,33,49H,8-11,13,15,18-21,24H2,(H,42,50,52). The van der Waals surface area contributed by atoms with E-state index in [-0.39, 0.29) is 35.6 Å². The molecule has 3 aromatic heterocycles. The van der Waals surface area contributed by atoms with E-state index in [4.69, 9.17) is 9.72 Å². The van der Waals surface area contributed by atoms with Crippen molar-refractivity contribution in [2.24, 2.45) is 0 Å². The summed E-state index contributed by atoms with van der Waals surface area (Å²) >= 11 is 0. The summed E-state index contributed by atoms with van der Waals surface area (Å²) in [6, 6.07) is 20.8. The zero-order chi connectivity index (χ0) is 36.1. The van der Waals surface area contributed by atoms with Gasteiger partial charge in [0.15, 0.2) is 0 Å². The second kappa shape index (κ2) is 13.5. The molecule has 4 aliphatic rings. The van der Waals surface area contributed by atoms with Crippen molar-refractivity contribution in [2.75, 3.05) is 42.6 Å². The van der Waals surface area contributed by atoms with Gasteiger partial charge in [-0.1, -0.05) is 24.3 Å². The molecule has 9 rings (SSSR count). The number of carbonyl (C=O) groups excluding carboxylic acids is 3. The van der Waals surface area contributed by atoms with Gasteiger partial charge in [-0.2, -0.15) is 0 Å². The number of anilines is 2. The highest BCUT2D eigenvalue weighted by Crippen LogP contribution is 2.45. The van der Waals surface area contributed by atoms with Gasteiger partial charge in [-0.3, -0.25) is 24.3 Å². The molecule has 0 spiro atoms. The van der Waals surface area contributed by atoms with Crippen LogP contribution in [0.3, 0.4) is 0 Å². The van der Waals surface area contributed by atoms with Crippen LogP contribution in [0, 0.1) is 0 Å². The summed E-state index contributed by atoms with van der Waals surface area (Å²) < 4.78 is 8.19. The summed E-state index contributed by atoms with van der Waals surface area (Å²) in [4.78, 5) is 49.1. The first-order valence-corrected chi connectivity index (χ1v) is 18.4. The fraction of sp³-hybridized carbons (Fsp3) is 0.350. The van der Waals surface area contributed by atoms with Gasteiger partial charge in [0.1, 0.15) is 35.5 Å². The van der Waals surface area contributed by atoms with Crippen LogP contribution in [0.15, 0.2) is 79.1 Å². The second-order valence-corrected chi connectivity index (χ2v) is 14.3. The monoisotopic (exact) mass is 712 g/mol. The number of para-hydroxylation sites is 2. The molecule has 270 valence electrons. The van der Waals surface area contributed by atoms with E-state index in [1.54, 1.807) is 12.1 Å². The number of nitrogens with one attached hydrogen (secondary N) is 1. The predicted molar refractivity (Wildman–Crippen MR) is 198 cm³/mol. The first kappa shape index (κ1) is 32.9. The number of carbonyl (C=O) groups is 3. The van der Waals surface area contributed by atoms with Crippen LogP contribution >= 0.6 is 0 Å². The molecule has 2 N–H and O–H groups in total. The molecular weight excluding hydrogens is 672 g/mol. The van der Waals surface area contributed by atoms with E-state index in [1.807, 2.05) is 65.5 Å². The van der Waals surface area contributed by atoms with Gasteiger partial charge in [0.05, 0.1) is 41.9 Å². The van der Waals surface area contributed by atoms with Gasteiger partial charge < -0.3 is 24.5 Å². The maximum Gasteiger partial charge on any atom is 0.249 e. The van der Waals surface area contributed by atoms with Crippen molar-refractivity contribution in [3.05, 3.63) is 84.7 Å². The van der Waals surface area contributed by atoms with Gasteiger partial charge in [0.25, 0.3) is 0 Å². The number of nitrogens with zero attached hydrogens (tertiary/aromatic N) is 7. The third kappa shape index (κ3) is 6.09. The Hall–Kier alpha value is -5.98. The molecule has 3 fully saturated rings. The highest BCUT2D eigenvalue weighted by atomic mass is 16.5. The Labute approximate surface area is 306 Å². The molecular formula is C40H40N8O5. The van der Waals surface area contributed by atoms with Gasteiger partial charge in [-0.25, -0.2) is 4.98 Å². The van der Waals surface area contributed by atoms with E-state index in [0.29, 0.717) is 56.3 Å². The lowest BCUT2D eigenvalue weighted by molar-refractivity contribution is -0.135. The van der Waals surface area contributed by atoms with Crippen LogP contribution in [0.2, 0.25) is 0 Å². The fourth-order valence-electron chi connectivity index (χ4n) is 8.57. The number of phenols is 1. The molecule has 1 atom stereocenters. The number of hydrogen-bond acceptors (Lipinski definition) is 10. The Balaban J connectivity index is 0.836. The molecule has 2 aromatic carbocycles. The summed E-state index contributed by atoms with van der Waals surface area (Å²) in [6.07, 6.45) is 8.33. The SMILES string of the molecule is O=C1CCC(N2CCOc3c(C4CCC(N5CCN(c6ccc(-n7ccc8nnc(-c9ccccc9O)cc87)nc6)CC5=O)CC4)cccc32)C(=O)N1. The Morgan fingerprint density at radius 2 is 1.72 bits per heavy atom. The summed E-state index contributed by atoms with van der Waals surface area (Å²) in [5.41, 5.74) is 5.72. The number of fused-ring (bicyclic) bond motifs is 2. The summed E-state index contributed by atoms with van der Waals surface area (Å²) in [5.74, 6) is 1.72. The zero-order valence-corrected chi connectivity index (χ0v) is 29.2. The maximum atomic E-state index is 13.6. The number of aromatic nitrogens is 4. The zero-order valence-electron chi connectivity index (χ0n) is 29.2. The average molecular weight is 713 g/mol. The van der Waals surface area contributed by atoms with Crippen LogP contribution in [0.25, 0.3) is 28.1 Å². The van der Waals surface area contributed by atoms with E-state index in [9.17, 15) is 19.5 Å². The van der Waals surface area contributed by atoms with E-state index in [0.717, 1.165) is 66.2 Å². The minimum Gasteiger partial charge on any atom is -0.507 e. The van der Waals surface area contributed by atoms with E-state index in [2.05, 4.69) is 36.3 Å². The molecule has 0 bridgehead atoms. The van der Waals surface area contributed by atoms with Crippen molar-refractivity contribution in [1.82, 2.24) is 30.0 Å². The fourth-order valence-corrected chi connectivity index (χ4v) is 8.57. The second-order valence-electron chi connectivity index (χ2n) is 14.3. The number of rotatable bonds is 6. The molecule has 6 heterocycles. The van der Waals surface area contributed by atoms with Crippen molar-refractivity contribution in [3.63, 3.8) is 0 Å². The van der Waals surface area contributed by atoms with Gasteiger partial charge in [-0.15, -0.1) is 10.2 Å². The van der Waals surface area contributed by atoms with E-state index in [1.165, 1.54) is 5.56 Å². The number of phenolic OH excluding ortho intramolecular Hbond substituents is 1. The molecule has 53 heavy (non-hydrogen) atoms. The number of pyridine rings is 1. The number of piperazine rings is 1. The molecule has 5 aromatic rings. The van der Waals surface area contributed by atoms with Crippen LogP contribution in [0.5, 0.6) is 11.5 Å². The third-order valence-corrected chi connectivity index (χ3v) is 11.3. The maximum absolute atomic E-state index is 13.6. The van der Waals surface area contributed by atoms with Crippen LogP contribution in [-0.2, 0) is 14.4 Å². The number of aromatic hydroxyl groups is 1. The highest BCUT2D eigenvalue weighted by Gasteiger charge is 2.38. The van der Waals surface area contributed by atoms with Crippen molar-refractivity contribution < 1.29 is 24.2 Å². The molecule has 0 radical (unpaired) electrons. The van der Waals surface area contributed by atoms with Crippen LogP contribution in [0.1, 0.15) is 50.0 Å². The molecule has 13 heteroatoms. The van der Waals surface area contributed by atoms with Gasteiger partial charge in [0.2, 0.25) is 17.7 Å². The van der Waals surface area contributed by atoms with Gasteiger partial charge in [-0.05, 0) is 86.1 Å². The number of ether oxygens (including phenoxy) is 1. The number of piperidine rings is 1. The largest absolute Gasteiger partial charge is 0.507 e. The Morgan fingerprint density at radius 1 is 0.849 bits per heavy atom. The lowest BCUT2D eigenvalue weighted by Crippen LogP contribution is -2.55. The van der Waals surface area contributed by atoms with Crippen molar-refractivity contribution in [2.45, 2.75) is 56.5 Å². The normalized spacial score (nSPS) is 22.1. The summed E-state index contributed by atoms with van der Waals surface area (Å²) in [7, 11) is 0.